The minimum atomic E-state index is 0.286. The summed E-state index contributed by atoms with van der Waals surface area (Å²) < 4.78 is 11.9. The van der Waals surface area contributed by atoms with E-state index in [1.165, 1.54) is 64.2 Å². The topological polar surface area (TPSA) is 56.1 Å². The molecule has 2 saturated carbocycles. The predicted molar refractivity (Wildman–Crippen MR) is 119 cm³/mol. The lowest BCUT2D eigenvalue weighted by Gasteiger charge is -2.22. The van der Waals surface area contributed by atoms with Crippen LogP contribution in [-0.2, 0) is 9.47 Å². The van der Waals surface area contributed by atoms with E-state index in [-0.39, 0.29) is 12.1 Å². The summed E-state index contributed by atoms with van der Waals surface area (Å²) in [5, 5.41) is 0. The standard InChI is InChI=1S/C25H35N3O2/c1-3-8-18(9-4-1)14-20-16-29-24(26-20)22-12-7-13-23(28-22)25-27-21(17-30-25)15-19-10-5-2-6-11-19/h7,12-13,18-21H,1-6,8-11,14-17H2/t20-,21-/m0/s1. The molecule has 4 aliphatic rings. The Hall–Kier alpha value is -1.91. The van der Waals surface area contributed by atoms with Gasteiger partial charge < -0.3 is 9.47 Å². The molecular formula is C25H35N3O2. The summed E-state index contributed by atoms with van der Waals surface area (Å²) in [4.78, 5) is 14.5. The first kappa shape index (κ1) is 20.0. The van der Waals surface area contributed by atoms with Crippen LogP contribution in [0.15, 0.2) is 28.2 Å². The van der Waals surface area contributed by atoms with Crippen LogP contribution in [0.1, 0.15) is 88.4 Å². The summed E-state index contributed by atoms with van der Waals surface area (Å²) in [6.45, 7) is 1.39. The second-order valence-corrected chi connectivity index (χ2v) is 9.69. The van der Waals surface area contributed by atoms with Crippen LogP contribution < -0.4 is 0 Å². The van der Waals surface area contributed by atoms with E-state index in [0.29, 0.717) is 25.0 Å². The lowest BCUT2D eigenvalue weighted by atomic mass is 9.85. The van der Waals surface area contributed by atoms with Gasteiger partial charge >= 0.3 is 0 Å². The van der Waals surface area contributed by atoms with Gasteiger partial charge in [0, 0.05) is 0 Å². The number of aliphatic imine (C=N–C) groups is 2. The van der Waals surface area contributed by atoms with Gasteiger partial charge in [0.2, 0.25) is 11.8 Å². The Morgan fingerprint density at radius 2 is 1.13 bits per heavy atom. The van der Waals surface area contributed by atoms with Crippen molar-refractivity contribution in [2.45, 2.75) is 89.1 Å². The fourth-order valence-corrected chi connectivity index (χ4v) is 5.64. The zero-order valence-electron chi connectivity index (χ0n) is 18.1. The molecule has 0 aromatic carbocycles. The minimum Gasteiger partial charge on any atom is -0.474 e. The fraction of sp³-hybridized carbons (Fsp3) is 0.720. The second kappa shape index (κ2) is 9.49. The Morgan fingerprint density at radius 1 is 0.667 bits per heavy atom. The molecule has 5 rings (SSSR count). The molecule has 2 fully saturated rings. The lowest BCUT2D eigenvalue weighted by Crippen LogP contribution is -2.15. The van der Waals surface area contributed by atoms with Gasteiger partial charge in [-0.25, -0.2) is 15.0 Å². The molecule has 0 amide bonds. The molecule has 0 spiro atoms. The van der Waals surface area contributed by atoms with E-state index in [0.717, 1.165) is 36.1 Å². The Balaban J connectivity index is 1.22. The Labute approximate surface area is 180 Å². The number of pyridine rings is 1. The van der Waals surface area contributed by atoms with Crippen LogP contribution in [0.2, 0.25) is 0 Å². The largest absolute Gasteiger partial charge is 0.474 e. The van der Waals surface area contributed by atoms with Gasteiger partial charge in [0.15, 0.2) is 0 Å². The quantitative estimate of drug-likeness (QED) is 0.639. The maximum Gasteiger partial charge on any atom is 0.235 e. The van der Waals surface area contributed by atoms with Crippen molar-refractivity contribution in [2.75, 3.05) is 13.2 Å². The van der Waals surface area contributed by atoms with Gasteiger partial charge in [0.1, 0.15) is 24.6 Å². The Morgan fingerprint density at radius 3 is 1.60 bits per heavy atom. The van der Waals surface area contributed by atoms with Crippen molar-refractivity contribution in [2.24, 2.45) is 21.8 Å². The van der Waals surface area contributed by atoms with Crippen LogP contribution in [0.5, 0.6) is 0 Å². The van der Waals surface area contributed by atoms with Crippen LogP contribution >= 0.6 is 0 Å². The smallest absolute Gasteiger partial charge is 0.235 e. The van der Waals surface area contributed by atoms with Crippen molar-refractivity contribution in [3.63, 3.8) is 0 Å². The first-order valence-corrected chi connectivity index (χ1v) is 12.2. The zero-order valence-corrected chi connectivity index (χ0v) is 18.1. The summed E-state index contributed by atoms with van der Waals surface area (Å²) in [6, 6.07) is 6.56. The highest BCUT2D eigenvalue weighted by Gasteiger charge is 2.28. The van der Waals surface area contributed by atoms with Gasteiger partial charge in [-0.3, -0.25) is 0 Å². The van der Waals surface area contributed by atoms with Crippen molar-refractivity contribution in [3.05, 3.63) is 29.6 Å². The van der Waals surface area contributed by atoms with E-state index in [4.69, 9.17) is 24.4 Å². The molecule has 5 nitrogen and oxygen atoms in total. The maximum absolute atomic E-state index is 5.94. The van der Waals surface area contributed by atoms with Crippen LogP contribution in [0.4, 0.5) is 0 Å². The van der Waals surface area contributed by atoms with Gasteiger partial charge in [-0.05, 0) is 36.8 Å². The molecule has 3 heterocycles. The summed E-state index contributed by atoms with van der Waals surface area (Å²) in [5.41, 5.74) is 1.61. The van der Waals surface area contributed by atoms with Crippen molar-refractivity contribution in [1.29, 1.82) is 0 Å². The molecule has 5 heteroatoms. The summed E-state index contributed by atoms with van der Waals surface area (Å²) in [6.07, 6.45) is 16.0. The third kappa shape index (κ3) is 4.87. The molecule has 0 unspecified atom stereocenters. The van der Waals surface area contributed by atoms with E-state index in [2.05, 4.69) is 0 Å². The van der Waals surface area contributed by atoms with Crippen LogP contribution in [0.25, 0.3) is 0 Å². The molecule has 162 valence electrons. The molecule has 0 radical (unpaired) electrons. The zero-order chi connectivity index (χ0) is 20.2. The first-order valence-electron chi connectivity index (χ1n) is 12.2. The van der Waals surface area contributed by atoms with E-state index in [1.807, 2.05) is 18.2 Å². The van der Waals surface area contributed by atoms with Crippen LogP contribution in [0.3, 0.4) is 0 Å². The van der Waals surface area contributed by atoms with Gasteiger partial charge in [0.05, 0.1) is 12.1 Å². The molecule has 1 aromatic heterocycles. The maximum atomic E-state index is 5.94. The molecule has 1 aromatic rings. The van der Waals surface area contributed by atoms with Crippen molar-refractivity contribution in [3.8, 4) is 0 Å². The van der Waals surface area contributed by atoms with Crippen molar-refractivity contribution in [1.82, 2.24) is 4.98 Å². The SMILES string of the molecule is c1cc(C2=N[C@@H](CC3CCCCC3)CO2)nc(C2=N[C@@H](CC3CCCCC3)CO2)c1. The highest BCUT2D eigenvalue weighted by Crippen LogP contribution is 2.31. The number of hydrogen-bond acceptors (Lipinski definition) is 5. The number of nitrogens with zero attached hydrogens (tertiary/aromatic N) is 3. The van der Waals surface area contributed by atoms with Gasteiger partial charge in [0.25, 0.3) is 0 Å². The molecule has 0 bridgehead atoms. The molecule has 30 heavy (non-hydrogen) atoms. The van der Waals surface area contributed by atoms with Crippen molar-refractivity contribution >= 4 is 11.8 Å². The number of aromatic nitrogens is 1. The van der Waals surface area contributed by atoms with Crippen molar-refractivity contribution < 1.29 is 9.47 Å². The van der Waals surface area contributed by atoms with Crippen LogP contribution in [-0.4, -0.2) is 42.1 Å². The fourth-order valence-electron chi connectivity index (χ4n) is 5.64. The summed E-state index contributed by atoms with van der Waals surface area (Å²) in [7, 11) is 0. The first-order chi connectivity index (χ1) is 14.8. The summed E-state index contributed by atoms with van der Waals surface area (Å²) in [5.74, 6) is 3.01. The van der Waals surface area contributed by atoms with Gasteiger partial charge in [-0.1, -0.05) is 70.3 Å². The Bertz CT molecular complexity index is 717. The number of rotatable bonds is 6. The normalized spacial score (nSPS) is 28.0. The average Bonchev–Trinajstić information content (AvgIpc) is 3.45. The second-order valence-electron chi connectivity index (χ2n) is 9.69. The van der Waals surface area contributed by atoms with E-state index in [9.17, 15) is 0 Å². The van der Waals surface area contributed by atoms with E-state index in [1.54, 1.807) is 0 Å². The highest BCUT2D eigenvalue weighted by molar-refractivity contribution is 5.97. The van der Waals surface area contributed by atoms with Gasteiger partial charge in [-0.15, -0.1) is 0 Å². The molecule has 0 saturated heterocycles. The number of ether oxygens (including phenoxy) is 2. The third-order valence-electron chi connectivity index (χ3n) is 7.27. The summed E-state index contributed by atoms with van der Waals surface area (Å²) >= 11 is 0. The van der Waals surface area contributed by atoms with Crippen LogP contribution in [0, 0.1) is 11.8 Å². The van der Waals surface area contributed by atoms with E-state index >= 15 is 0 Å². The van der Waals surface area contributed by atoms with E-state index < -0.39 is 0 Å². The molecule has 2 aliphatic carbocycles. The number of hydrogen-bond donors (Lipinski definition) is 0. The third-order valence-corrected chi connectivity index (χ3v) is 7.27. The highest BCUT2D eigenvalue weighted by atomic mass is 16.5. The molecule has 2 atom stereocenters. The minimum absolute atomic E-state index is 0.286. The predicted octanol–water partition coefficient (Wildman–Crippen LogP) is 5.31. The Kier molecular flexibility index (Phi) is 6.33. The van der Waals surface area contributed by atoms with Gasteiger partial charge in [-0.2, -0.15) is 0 Å². The molecule has 0 N–H and O–H groups in total. The average molecular weight is 410 g/mol. The lowest BCUT2D eigenvalue weighted by molar-refractivity contribution is 0.267. The monoisotopic (exact) mass is 409 g/mol. The molecular weight excluding hydrogens is 374 g/mol. The molecule has 2 aliphatic heterocycles.